The van der Waals surface area contributed by atoms with Crippen molar-refractivity contribution in [3.8, 4) is 0 Å². The Kier molecular flexibility index (Phi) is 4.14. The van der Waals surface area contributed by atoms with Crippen molar-refractivity contribution in [2.24, 2.45) is 5.73 Å². The molecule has 0 saturated heterocycles. The number of rotatable bonds is 4. The van der Waals surface area contributed by atoms with Crippen molar-refractivity contribution in [2.75, 3.05) is 6.54 Å². The maximum atomic E-state index is 11.9. The number of hydrogen-bond donors (Lipinski definition) is 2. The van der Waals surface area contributed by atoms with E-state index in [-0.39, 0.29) is 5.91 Å². The lowest BCUT2D eigenvalue weighted by molar-refractivity contribution is 0.0927. The second-order valence-electron chi connectivity index (χ2n) is 4.59. The molecule has 0 radical (unpaired) electrons. The van der Waals surface area contributed by atoms with E-state index in [1.165, 1.54) is 19.3 Å². The number of amides is 1. The number of nitrogens with two attached hydrogens (primary N) is 1. The van der Waals surface area contributed by atoms with Gasteiger partial charge in [0.25, 0.3) is 5.91 Å². The highest BCUT2D eigenvalue weighted by molar-refractivity contribution is 5.93. The van der Waals surface area contributed by atoms with E-state index in [1.54, 1.807) is 17.1 Å². The van der Waals surface area contributed by atoms with Crippen LogP contribution in [0.2, 0.25) is 0 Å². The normalized spacial score (nSPS) is 17.0. The first-order valence-corrected chi connectivity index (χ1v) is 6.33. The van der Waals surface area contributed by atoms with Gasteiger partial charge in [-0.2, -0.15) is 5.10 Å². The molecule has 5 nitrogen and oxygen atoms in total. The molecule has 0 atom stereocenters. The molecule has 3 N–H and O–H groups in total. The minimum absolute atomic E-state index is 0.0137. The van der Waals surface area contributed by atoms with Gasteiger partial charge in [-0.1, -0.05) is 19.3 Å². The van der Waals surface area contributed by atoms with Gasteiger partial charge in [0.1, 0.15) is 0 Å². The largest absolute Gasteiger partial charge is 0.349 e. The van der Waals surface area contributed by atoms with Crippen molar-refractivity contribution >= 4 is 5.91 Å². The van der Waals surface area contributed by atoms with Crippen LogP contribution in [0.3, 0.4) is 0 Å². The fourth-order valence-corrected chi connectivity index (χ4v) is 2.25. The topological polar surface area (TPSA) is 72.9 Å². The smallest absolute Gasteiger partial charge is 0.254 e. The van der Waals surface area contributed by atoms with E-state index in [2.05, 4.69) is 10.4 Å². The average Bonchev–Trinajstić information content (AvgIpc) is 2.79. The van der Waals surface area contributed by atoms with Crippen molar-refractivity contribution in [1.82, 2.24) is 15.1 Å². The van der Waals surface area contributed by atoms with Crippen LogP contribution in [-0.2, 0) is 6.54 Å². The van der Waals surface area contributed by atoms with Gasteiger partial charge in [0.2, 0.25) is 0 Å². The number of aromatic nitrogens is 2. The molecule has 1 aromatic rings. The molecule has 94 valence electrons. The highest BCUT2D eigenvalue weighted by atomic mass is 16.1. The molecule has 0 aromatic carbocycles. The SMILES string of the molecule is NCCn1cc(C(=O)NC2CCCCC2)cn1. The predicted octanol–water partition coefficient (Wildman–Crippen LogP) is 0.904. The predicted molar refractivity (Wildman–Crippen MR) is 65.6 cm³/mol. The number of hydrogen-bond acceptors (Lipinski definition) is 3. The zero-order chi connectivity index (χ0) is 12.1. The summed E-state index contributed by atoms with van der Waals surface area (Å²) in [7, 11) is 0. The maximum absolute atomic E-state index is 11.9. The summed E-state index contributed by atoms with van der Waals surface area (Å²) >= 11 is 0. The third kappa shape index (κ3) is 3.30. The molecule has 0 aliphatic heterocycles. The molecule has 1 aromatic heterocycles. The van der Waals surface area contributed by atoms with E-state index in [9.17, 15) is 4.79 Å². The van der Waals surface area contributed by atoms with Gasteiger partial charge >= 0.3 is 0 Å². The van der Waals surface area contributed by atoms with Gasteiger partial charge in [-0.25, -0.2) is 0 Å². The van der Waals surface area contributed by atoms with Gasteiger partial charge in [-0.15, -0.1) is 0 Å². The summed E-state index contributed by atoms with van der Waals surface area (Å²) in [4.78, 5) is 11.9. The molecular weight excluding hydrogens is 216 g/mol. The van der Waals surface area contributed by atoms with E-state index in [0.717, 1.165) is 12.8 Å². The van der Waals surface area contributed by atoms with E-state index in [0.29, 0.717) is 24.7 Å². The van der Waals surface area contributed by atoms with Crippen molar-refractivity contribution in [2.45, 2.75) is 44.7 Å². The first-order valence-electron chi connectivity index (χ1n) is 6.33. The third-order valence-corrected chi connectivity index (χ3v) is 3.19. The van der Waals surface area contributed by atoms with Crippen LogP contribution in [0.25, 0.3) is 0 Å². The van der Waals surface area contributed by atoms with Crippen LogP contribution in [0, 0.1) is 0 Å². The van der Waals surface area contributed by atoms with E-state index >= 15 is 0 Å². The molecule has 17 heavy (non-hydrogen) atoms. The van der Waals surface area contributed by atoms with Crippen molar-refractivity contribution in [3.63, 3.8) is 0 Å². The number of carbonyl (C=O) groups is 1. The van der Waals surface area contributed by atoms with E-state index < -0.39 is 0 Å². The molecular formula is C12H20N4O. The summed E-state index contributed by atoms with van der Waals surface area (Å²) in [5.41, 5.74) is 6.06. The summed E-state index contributed by atoms with van der Waals surface area (Å²) in [6.45, 7) is 1.18. The van der Waals surface area contributed by atoms with Crippen molar-refractivity contribution in [3.05, 3.63) is 18.0 Å². The molecule has 0 bridgehead atoms. The molecule has 2 rings (SSSR count). The summed E-state index contributed by atoms with van der Waals surface area (Å²) in [6.07, 6.45) is 9.29. The summed E-state index contributed by atoms with van der Waals surface area (Å²) in [5, 5.41) is 7.16. The standard InChI is InChI=1S/C12H20N4O/c13-6-7-16-9-10(8-14-16)12(17)15-11-4-2-1-3-5-11/h8-9,11H,1-7,13H2,(H,15,17). The number of nitrogens with zero attached hydrogens (tertiary/aromatic N) is 2. The van der Waals surface area contributed by atoms with Gasteiger partial charge < -0.3 is 11.1 Å². The lowest BCUT2D eigenvalue weighted by Gasteiger charge is -2.22. The fourth-order valence-electron chi connectivity index (χ4n) is 2.25. The zero-order valence-electron chi connectivity index (χ0n) is 10.1. The Balaban J connectivity index is 1.89. The maximum Gasteiger partial charge on any atom is 0.254 e. The minimum Gasteiger partial charge on any atom is -0.349 e. The highest BCUT2D eigenvalue weighted by Crippen LogP contribution is 2.17. The molecule has 1 fully saturated rings. The van der Waals surface area contributed by atoms with Crippen LogP contribution in [0.5, 0.6) is 0 Å². The Morgan fingerprint density at radius 1 is 1.47 bits per heavy atom. The molecule has 1 aliphatic carbocycles. The number of carbonyl (C=O) groups excluding carboxylic acids is 1. The average molecular weight is 236 g/mol. The lowest BCUT2D eigenvalue weighted by atomic mass is 9.95. The Morgan fingerprint density at radius 2 is 2.24 bits per heavy atom. The summed E-state index contributed by atoms with van der Waals surface area (Å²) in [5.74, 6) is -0.0137. The Hall–Kier alpha value is -1.36. The summed E-state index contributed by atoms with van der Waals surface area (Å²) < 4.78 is 1.70. The van der Waals surface area contributed by atoms with E-state index in [1.807, 2.05) is 0 Å². The van der Waals surface area contributed by atoms with Crippen molar-refractivity contribution in [1.29, 1.82) is 0 Å². The van der Waals surface area contributed by atoms with Gasteiger partial charge in [-0.3, -0.25) is 9.48 Å². The van der Waals surface area contributed by atoms with Crippen molar-refractivity contribution < 1.29 is 4.79 Å². The molecule has 1 aliphatic rings. The molecule has 0 unspecified atom stereocenters. The van der Waals surface area contributed by atoms with Gasteiger partial charge in [0.15, 0.2) is 0 Å². The Morgan fingerprint density at radius 3 is 2.94 bits per heavy atom. The second-order valence-corrected chi connectivity index (χ2v) is 4.59. The second kappa shape index (κ2) is 5.82. The lowest BCUT2D eigenvalue weighted by Crippen LogP contribution is -2.36. The molecule has 5 heteroatoms. The molecule has 1 saturated carbocycles. The zero-order valence-corrected chi connectivity index (χ0v) is 10.1. The van der Waals surface area contributed by atoms with Crippen LogP contribution in [0.4, 0.5) is 0 Å². The Bertz CT molecular complexity index is 368. The van der Waals surface area contributed by atoms with Gasteiger partial charge in [0, 0.05) is 18.8 Å². The quantitative estimate of drug-likeness (QED) is 0.816. The van der Waals surface area contributed by atoms with E-state index in [4.69, 9.17) is 5.73 Å². The van der Waals surface area contributed by atoms with Gasteiger partial charge in [0.05, 0.1) is 18.3 Å². The third-order valence-electron chi connectivity index (χ3n) is 3.19. The first-order chi connectivity index (χ1) is 8.29. The van der Waals surface area contributed by atoms with Crippen LogP contribution < -0.4 is 11.1 Å². The monoisotopic (exact) mass is 236 g/mol. The molecule has 1 amide bonds. The Labute approximate surface area is 101 Å². The first kappa shape index (κ1) is 12.1. The van der Waals surface area contributed by atoms with Crippen LogP contribution in [-0.4, -0.2) is 28.3 Å². The van der Waals surface area contributed by atoms with Crippen LogP contribution in [0.1, 0.15) is 42.5 Å². The highest BCUT2D eigenvalue weighted by Gasteiger charge is 2.17. The minimum atomic E-state index is -0.0137. The molecule has 1 heterocycles. The van der Waals surface area contributed by atoms with Crippen LogP contribution in [0.15, 0.2) is 12.4 Å². The number of nitrogens with one attached hydrogen (secondary N) is 1. The fraction of sp³-hybridized carbons (Fsp3) is 0.667. The summed E-state index contributed by atoms with van der Waals surface area (Å²) in [6, 6.07) is 0.342. The van der Waals surface area contributed by atoms with Crippen LogP contribution >= 0.6 is 0 Å². The molecule has 0 spiro atoms. The van der Waals surface area contributed by atoms with Gasteiger partial charge in [-0.05, 0) is 12.8 Å².